The van der Waals surface area contributed by atoms with Crippen molar-refractivity contribution in [3.05, 3.63) is 70.9 Å². The van der Waals surface area contributed by atoms with Crippen LogP contribution in [-0.4, -0.2) is 98.0 Å². The summed E-state index contributed by atoms with van der Waals surface area (Å²) in [6.45, 7) is 6.99. The van der Waals surface area contributed by atoms with E-state index in [0.717, 1.165) is 65.0 Å². The number of aliphatic hydroxyl groups excluding tert-OH is 1. The minimum absolute atomic E-state index is 0.0426. The molecule has 2 aliphatic rings. The van der Waals surface area contributed by atoms with E-state index in [2.05, 4.69) is 25.0 Å². The molecule has 10 nitrogen and oxygen atoms in total. The first kappa shape index (κ1) is 27.6. The molecule has 1 amide bonds. The van der Waals surface area contributed by atoms with Crippen LogP contribution in [0.5, 0.6) is 0 Å². The molecule has 2 aromatic heterocycles. The molecule has 0 aliphatic carbocycles. The number of rotatable bonds is 7. The van der Waals surface area contributed by atoms with Gasteiger partial charge in [0.15, 0.2) is 5.43 Å². The maximum Gasteiger partial charge on any atom is 0.238 e. The first-order chi connectivity index (χ1) is 21.1. The van der Waals surface area contributed by atoms with Crippen molar-refractivity contribution >= 4 is 50.3 Å². The van der Waals surface area contributed by atoms with Crippen molar-refractivity contribution in [2.45, 2.75) is 0 Å². The number of ether oxygens (including phenoxy) is 1. The summed E-state index contributed by atoms with van der Waals surface area (Å²) >= 11 is 0. The Morgan fingerprint density at radius 2 is 1.65 bits per heavy atom. The van der Waals surface area contributed by atoms with E-state index >= 15 is 0 Å². The van der Waals surface area contributed by atoms with E-state index in [4.69, 9.17) is 9.15 Å². The van der Waals surface area contributed by atoms with Gasteiger partial charge in [-0.15, -0.1) is 0 Å². The van der Waals surface area contributed by atoms with Gasteiger partial charge in [0.1, 0.15) is 17.0 Å². The van der Waals surface area contributed by atoms with Crippen LogP contribution in [0.4, 0.5) is 11.5 Å². The molecule has 3 N–H and O–H groups in total. The van der Waals surface area contributed by atoms with Crippen molar-refractivity contribution < 1.29 is 19.1 Å². The zero-order chi connectivity index (χ0) is 29.3. The van der Waals surface area contributed by atoms with Gasteiger partial charge in [-0.25, -0.2) is 0 Å². The lowest BCUT2D eigenvalue weighted by Crippen LogP contribution is -2.49. The van der Waals surface area contributed by atoms with Crippen LogP contribution in [0.3, 0.4) is 0 Å². The third-order valence-corrected chi connectivity index (χ3v) is 8.54. The van der Waals surface area contributed by atoms with Gasteiger partial charge in [0.05, 0.1) is 43.0 Å². The van der Waals surface area contributed by atoms with Crippen LogP contribution in [0, 0.1) is 0 Å². The minimum Gasteiger partial charge on any atom is -0.455 e. The molecule has 0 radical (unpaired) electrons. The zero-order valence-corrected chi connectivity index (χ0v) is 24.0. The van der Waals surface area contributed by atoms with Crippen LogP contribution in [0.15, 0.2) is 69.9 Å². The predicted molar refractivity (Wildman–Crippen MR) is 169 cm³/mol. The van der Waals surface area contributed by atoms with E-state index < -0.39 is 0 Å². The monoisotopic (exact) mass is 581 g/mol. The number of piperazine rings is 1. The summed E-state index contributed by atoms with van der Waals surface area (Å²) in [6, 6.07) is 19.1. The van der Waals surface area contributed by atoms with Crippen molar-refractivity contribution in [2.24, 2.45) is 0 Å². The van der Waals surface area contributed by atoms with Crippen LogP contribution < -0.4 is 15.6 Å². The van der Waals surface area contributed by atoms with Crippen molar-refractivity contribution in [2.75, 3.05) is 82.4 Å². The number of anilines is 2. The largest absolute Gasteiger partial charge is 0.455 e. The third-order valence-electron chi connectivity index (χ3n) is 8.54. The maximum absolute atomic E-state index is 13.3. The first-order valence-electron chi connectivity index (χ1n) is 14.9. The van der Waals surface area contributed by atoms with Gasteiger partial charge in [-0.1, -0.05) is 30.3 Å². The van der Waals surface area contributed by atoms with Gasteiger partial charge in [-0.05, 0) is 24.3 Å². The Balaban J connectivity index is 1.27. The number of H-pyrrole nitrogens is 1. The normalized spacial score (nSPS) is 16.8. The highest BCUT2D eigenvalue weighted by atomic mass is 16.5. The van der Waals surface area contributed by atoms with Crippen molar-refractivity contribution in [1.29, 1.82) is 0 Å². The van der Waals surface area contributed by atoms with Crippen molar-refractivity contribution in [3.8, 4) is 11.1 Å². The molecule has 3 aromatic carbocycles. The highest BCUT2D eigenvalue weighted by molar-refractivity contribution is 6.18. The molecule has 4 heterocycles. The number of hydrogen-bond acceptors (Lipinski definition) is 8. The molecule has 7 rings (SSSR count). The predicted octanol–water partition coefficient (Wildman–Crippen LogP) is 3.48. The average Bonchev–Trinajstić information content (AvgIpc) is 3.43. The summed E-state index contributed by atoms with van der Waals surface area (Å²) in [5.41, 5.74) is 4.46. The fraction of sp³-hybridized carbons (Fsp3) is 0.333. The van der Waals surface area contributed by atoms with Crippen LogP contribution >= 0.6 is 0 Å². The standard InChI is InChI=1S/C33H35N5O5/c39-17-14-36-10-12-37(13-11-36)21-30(41)34-26-9-8-23(33-31(26)25-4-1-2-7-28(25)43-33)22-5-3-6-24-27(40)20-29(35-32(22)24)38-15-18-42-19-16-38/h1-9,20,39H,10-19,21H2,(H,34,41)(H,35,40). The molecule has 2 aliphatic heterocycles. The number of benzene rings is 3. The molecule has 2 saturated heterocycles. The number of hydrogen-bond donors (Lipinski definition) is 3. The molecule has 2 fully saturated rings. The summed E-state index contributed by atoms with van der Waals surface area (Å²) in [5.74, 6) is 0.690. The number of aromatic amines is 1. The maximum atomic E-state index is 13.3. The van der Waals surface area contributed by atoms with E-state index in [1.807, 2.05) is 54.6 Å². The number of carbonyl (C=O) groups is 1. The molecular formula is C33H35N5O5. The van der Waals surface area contributed by atoms with Crippen molar-refractivity contribution in [3.63, 3.8) is 0 Å². The minimum atomic E-state index is -0.0837. The number of furan rings is 1. The van der Waals surface area contributed by atoms with Crippen molar-refractivity contribution in [1.82, 2.24) is 14.8 Å². The van der Waals surface area contributed by atoms with E-state index in [1.54, 1.807) is 6.07 Å². The van der Waals surface area contributed by atoms with Gasteiger partial charge in [0.2, 0.25) is 5.91 Å². The van der Waals surface area contributed by atoms with E-state index in [1.165, 1.54) is 0 Å². The smallest absolute Gasteiger partial charge is 0.238 e. The second-order valence-corrected chi connectivity index (χ2v) is 11.2. The average molecular weight is 582 g/mol. The first-order valence-corrected chi connectivity index (χ1v) is 14.9. The molecule has 0 unspecified atom stereocenters. The summed E-state index contributed by atoms with van der Waals surface area (Å²) < 4.78 is 12.0. The van der Waals surface area contributed by atoms with Crippen LogP contribution in [0.1, 0.15) is 0 Å². The molecule has 0 atom stereocenters. The molecule has 5 aromatic rings. The summed E-state index contributed by atoms with van der Waals surface area (Å²) in [7, 11) is 0. The quantitative estimate of drug-likeness (QED) is 0.268. The summed E-state index contributed by atoms with van der Waals surface area (Å²) in [4.78, 5) is 36.5. The Bertz CT molecular complexity index is 1850. The Kier molecular flexibility index (Phi) is 7.58. The van der Waals surface area contributed by atoms with Crippen LogP contribution in [-0.2, 0) is 9.53 Å². The number of amides is 1. The van der Waals surface area contributed by atoms with Gasteiger partial charge in [-0.3, -0.25) is 19.4 Å². The number of aliphatic hydroxyl groups is 1. The zero-order valence-electron chi connectivity index (χ0n) is 24.0. The lowest BCUT2D eigenvalue weighted by atomic mass is 9.98. The number of pyridine rings is 1. The van der Waals surface area contributed by atoms with E-state index in [9.17, 15) is 14.7 Å². The second-order valence-electron chi connectivity index (χ2n) is 11.2. The number of nitrogens with zero attached hydrogens (tertiary/aromatic N) is 3. The number of fused-ring (bicyclic) bond motifs is 4. The molecule has 222 valence electrons. The van der Waals surface area contributed by atoms with Gasteiger partial charge >= 0.3 is 0 Å². The number of nitrogens with one attached hydrogen (secondary N) is 2. The molecule has 43 heavy (non-hydrogen) atoms. The lowest BCUT2D eigenvalue weighted by molar-refractivity contribution is -0.117. The number of β-amino-alcohol motifs (C(OH)–C–C–N with tert-alkyl or cyclic N) is 1. The summed E-state index contributed by atoms with van der Waals surface area (Å²) in [5, 5.41) is 14.7. The van der Waals surface area contributed by atoms with Gasteiger partial charge < -0.3 is 29.5 Å². The molecule has 0 saturated carbocycles. The Morgan fingerprint density at radius 3 is 2.47 bits per heavy atom. The van der Waals surface area contributed by atoms with Gasteiger partial charge in [0, 0.05) is 73.8 Å². The Morgan fingerprint density at radius 1 is 0.884 bits per heavy atom. The Labute approximate surface area is 248 Å². The molecule has 0 bridgehead atoms. The fourth-order valence-corrected chi connectivity index (χ4v) is 6.31. The molecule has 0 spiro atoms. The Hall–Kier alpha value is -4.22. The molecule has 10 heteroatoms. The van der Waals surface area contributed by atoms with E-state index in [-0.39, 0.29) is 17.9 Å². The highest BCUT2D eigenvalue weighted by Gasteiger charge is 2.22. The van der Waals surface area contributed by atoms with E-state index in [0.29, 0.717) is 56.0 Å². The summed E-state index contributed by atoms with van der Waals surface area (Å²) in [6.07, 6.45) is 0. The second kappa shape index (κ2) is 11.8. The fourth-order valence-electron chi connectivity index (χ4n) is 6.31. The number of morpholine rings is 1. The SMILES string of the molecule is O=C(CN1CCN(CCO)CC1)Nc1ccc(-c2cccc3c(=O)cc(N4CCOCC4)[nH]c23)c2oc3ccccc3c12. The molecular weight excluding hydrogens is 546 g/mol. The third kappa shape index (κ3) is 5.38. The number of aromatic nitrogens is 1. The van der Waals surface area contributed by atoms with Crippen LogP contribution in [0.25, 0.3) is 44.0 Å². The topological polar surface area (TPSA) is 114 Å². The highest BCUT2D eigenvalue weighted by Crippen LogP contribution is 2.41. The number of carbonyl (C=O) groups excluding carboxylic acids is 1. The van der Waals surface area contributed by atoms with Gasteiger partial charge in [-0.2, -0.15) is 0 Å². The van der Waals surface area contributed by atoms with Crippen LogP contribution in [0.2, 0.25) is 0 Å². The van der Waals surface area contributed by atoms with Gasteiger partial charge in [0.25, 0.3) is 0 Å². The lowest BCUT2D eigenvalue weighted by Gasteiger charge is -2.33. The number of para-hydroxylation sites is 2.